The van der Waals surface area contributed by atoms with Crippen LogP contribution >= 0.6 is 34.2 Å². The van der Waals surface area contributed by atoms with Gasteiger partial charge in [0.2, 0.25) is 5.95 Å². The average Bonchev–Trinajstić information content (AvgIpc) is 2.35. The summed E-state index contributed by atoms with van der Waals surface area (Å²) < 4.78 is 6.31. The van der Waals surface area contributed by atoms with Crippen LogP contribution in [0.15, 0.2) is 0 Å². The van der Waals surface area contributed by atoms with Gasteiger partial charge in [-0.25, -0.2) is 4.98 Å². The van der Waals surface area contributed by atoms with E-state index in [9.17, 15) is 0 Å². The fraction of sp³-hybridized carbons (Fsp3) is 0.667. The Hall–Kier alpha value is -0.140. The van der Waals surface area contributed by atoms with E-state index in [1.54, 1.807) is 0 Å². The van der Waals surface area contributed by atoms with Gasteiger partial charge in [-0.3, -0.25) is 0 Å². The first kappa shape index (κ1) is 14.3. The molecule has 0 unspecified atom stereocenters. The Bertz CT molecular complexity index is 422. The van der Waals surface area contributed by atoms with Gasteiger partial charge in [-0.05, 0) is 34.9 Å². The molecule has 1 aromatic heterocycles. The van der Waals surface area contributed by atoms with Crippen molar-refractivity contribution >= 4 is 40.1 Å². The van der Waals surface area contributed by atoms with Crippen molar-refractivity contribution in [2.75, 3.05) is 31.2 Å². The molecule has 0 N–H and O–H groups in total. The molecule has 0 saturated carbocycles. The van der Waals surface area contributed by atoms with Gasteiger partial charge in [0, 0.05) is 13.1 Å². The molecule has 0 aromatic carbocycles. The van der Waals surface area contributed by atoms with E-state index in [1.807, 2.05) is 0 Å². The normalized spacial score (nSPS) is 16.4. The van der Waals surface area contributed by atoms with E-state index >= 15 is 0 Å². The van der Waals surface area contributed by atoms with E-state index in [0.29, 0.717) is 11.1 Å². The van der Waals surface area contributed by atoms with Crippen LogP contribution in [0, 0.1) is 9.49 Å². The minimum absolute atomic E-state index is 0.557. The van der Waals surface area contributed by atoms with E-state index in [4.69, 9.17) is 16.3 Å². The molecule has 0 amide bonds. The predicted octanol–water partition coefficient (Wildman–Crippen LogP) is 2.77. The first-order valence-electron chi connectivity index (χ1n) is 6.12. The molecule has 0 bridgehead atoms. The van der Waals surface area contributed by atoms with Crippen LogP contribution in [0.4, 0.5) is 5.95 Å². The summed E-state index contributed by atoms with van der Waals surface area (Å²) in [6, 6.07) is 0. The molecule has 4 nitrogen and oxygen atoms in total. The second kappa shape index (κ2) is 6.34. The van der Waals surface area contributed by atoms with E-state index in [1.165, 1.54) is 0 Å². The first-order valence-corrected chi connectivity index (χ1v) is 7.58. The minimum atomic E-state index is 0.557. The summed E-state index contributed by atoms with van der Waals surface area (Å²) in [5.41, 5.74) is 1.05. The summed E-state index contributed by atoms with van der Waals surface area (Å²) in [4.78, 5) is 11.2. The maximum absolute atomic E-state index is 6.21. The number of ether oxygens (including phenoxy) is 1. The Labute approximate surface area is 126 Å². The number of hydrogen-bond donors (Lipinski definition) is 0. The van der Waals surface area contributed by atoms with Gasteiger partial charge < -0.3 is 9.64 Å². The van der Waals surface area contributed by atoms with Crippen molar-refractivity contribution in [2.24, 2.45) is 5.92 Å². The highest BCUT2D eigenvalue weighted by Gasteiger charge is 2.18. The first-order chi connectivity index (χ1) is 8.58. The van der Waals surface area contributed by atoms with Crippen molar-refractivity contribution in [3.05, 3.63) is 14.4 Å². The van der Waals surface area contributed by atoms with Gasteiger partial charge in [0.25, 0.3) is 0 Å². The number of morpholine rings is 1. The second-order valence-corrected chi connectivity index (χ2v) is 6.21. The van der Waals surface area contributed by atoms with Gasteiger partial charge in [-0.15, -0.1) is 0 Å². The van der Waals surface area contributed by atoms with Crippen LogP contribution in [0.25, 0.3) is 0 Å². The molecule has 100 valence electrons. The summed E-state index contributed by atoms with van der Waals surface area (Å²) in [7, 11) is 0. The Morgan fingerprint density at radius 1 is 1.33 bits per heavy atom. The maximum Gasteiger partial charge on any atom is 0.227 e. The van der Waals surface area contributed by atoms with Gasteiger partial charge in [0.05, 0.1) is 22.5 Å². The molecular formula is C12H17ClIN3O. The monoisotopic (exact) mass is 381 g/mol. The quantitative estimate of drug-likeness (QED) is 0.596. The fourth-order valence-electron chi connectivity index (χ4n) is 1.88. The molecule has 1 saturated heterocycles. The minimum Gasteiger partial charge on any atom is -0.378 e. The summed E-state index contributed by atoms with van der Waals surface area (Å²) in [6.45, 7) is 7.48. The second-order valence-electron chi connectivity index (χ2n) is 4.77. The van der Waals surface area contributed by atoms with Gasteiger partial charge in [0.15, 0.2) is 0 Å². The molecule has 6 heteroatoms. The van der Waals surface area contributed by atoms with Crippen molar-refractivity contribution in [3.8, 4) is 0 Å². The number of aromatic nitrogens is 2. The van der Waals surface area contributed by atoms with Crippen LogP contribution in [0.5, 0.6) is 0 Å². The highest BCUT2D eigenvalue weighted by molar-refractivity contribution is 14.1. The SMILES string of the molecule is CC(C)Cc1nc(N2CCOCC2)nc(Cl)c1I. The third-order valence-corrected chi connectivity index (χ3v) is 4.49. The molecule has 2 rings (SSSR count). The third-order valence-electron chi connectivity index (χ3n) is 2.76. The van der Waals surface area contributed by atoms with Crippen molar-refractivity contribution in [2.45, 2.75) is 20.3 Å². The van der Waals surface area contributed by atoms with E-state index < -0.39 is 0 Å². The predicted molar refractivity (Wildman–Crippen MR) is 81.3 cm³/mol. The molecule has 1 fully saturated rings. The lowest BCUT2D eigenvalue weighted by molar-refractivity contribution is 0.122. The van der Waals surface area contributed by atoms with Crippen molar-refractivity contribution < 1.29 is 4.74 Å². The molecule has 0 aliphatic carbocycles. The van der Waals surface area contributed by atoms with Crippen LogP contribution in [-0.4, -0.2) is 36.3 Å². The molecule has 1 aliphatic rings. The third kappa shape index (κ3) is 3.45. The zero-order valence-corrected chi connectivity index (χ0v) is 13.5. The van der Waals surface area contributed by atoms with E-state index in [-0.39, 0.29) is 0 Å². The Kier molecular flexibility index (Phi) is 5.03. The number of halogens is 2. The van der Waals surface area contributed by atoms with Gasteiger partial charge >= 0.3 is 0 Å². The average molecular weight is 382 g/mol. The van der Waals surface area contributed by atoms with Crippen molar-refractivity contribution in [3.63, 3.8) is 0 Å². The number of nitrogens with zero attached hydrogens (tertiary/aromatic N) is 3. The summed E-state index contributed by atoms with van der Waals surface area (Å²) in [6.07, 6.45) is 0.928. The fourth-order valence-corrected chi connectivity index (χ4v) is 2.52. The van der Waals surface area contributed by atoms with Crippen LogP contribution in [-0.2, 0) is 11.2 Å². The molecule has 0 spiro atoms. The lowest BCUT2D eigenvalue weighted by Gasteiger charge is -2.27. The lowest BCUT2D eigenvalue weighted by atomic mass is 10.1. The molecular weight excluding hydrogens is 365 g/mol. The van der Waals surface area contributed by atoms with Crippen LogP contribution in [0.2, 0.25) is 5.15 Å². The van der Waals surface area contributed by atoms with Crippen molar-refractivity contribution in [1.29, 1.82) is 0 Å². The van der Waals surface area contributed by atoms with Crippen molar-refractivity contribution in [1.82, 2.24) is 9.97 Å². The number of anilines is 1. The smallest absolute Gasteiger partial charge is 0.227 e. The molecule has 1 aliphatic heterocycles. The standard InChI is InChI=1S/C12H17ClIN3O/c1-8(2)7-9-10(14)11(13)16-12(15-9)17-3-5-18-6-4-17/h8H,3-7H2,1-2H3. The lowest BCUT2D eigenvalue weighted by Crippen LogP contribution is -2.37. The molecule has 18 heavy (non-hydrogen) atoms. The highest BCUT2D eigenvalue weighted by Crippen LogP contribution is 2.24. The zero-order valence-electron chi connectivity index (χ0n) is 10.6. The van der Waals surface area contributed by atoms with Crippen LogP contribution < -0.4 is 4.90 Å². The van der Waals surface area contributed by atoms with E-state index in [0.717, 1.165) is 47.9 Å². The zero-order chi connectivity index (χ0) is 13.1. The largest absolute Gasteiger partial charge is 0.378 e. The molecule has 1 aromatic rings. The van der Waals surface area contributed by atoms with Crippen LogP contribution in [0.3, 0.4) is 0 Å². The Morgan fingerprint density at radius 3 is 2.61 bits per heavy atom. The van der Waals surface area contributed by atoms with Gasteiger partial charge in [-0.1, -0.05) is 25.4 Å². The van der Waals surface area contributed by atoms with Gasteiger partial charge in [0.1, 0.15) is 5.15 Å². The summed E-state index contributed by atoms with van der Waals surface area (Å²) in [5, 5.41) is 0.558. The highest BCUT2D eigenvalue weighted by atomic mass is 127. The maximum atomic E-state index is 6.21. The molecule has 2 heterocycles. The number of hydrogen-bond acceptors (Lipinski definition) is 4. The Balaban J connectivity index is 2.27. The van der Waals surface area contributed by atoms with E-state index in [2.05, 4.69) is 51.3 Å². The summed E-state index contributed by atoms with van der Waals surface area (Å²) in [5.74, 6) is 1.29. The van der Waals surface area contributed by atoms with Gasteiger partial charge in [-0.2, -0.15) is 4.98 Å². The molecule has 0 radical (unpaired) electrons. The topological polar surface area (TPSA) is 38.2 Å². The number of rotatable bonds is 3. The molecule has 0 atom stereocenters. The van der Waals surface area contributed by atoms with Crippen LogP contribution in [0.1, 0.15) is 19.5 Å². The summed E-state index contributed by atoms with van der Waals surface area (Å²) >= 11 is 8.43. The Morgan fingerprint density at radius 2 is 2.00 bits per heavy atom.